The monoisotopic (exact) mass is 295 g/mol. The first-order chi connectivity index (χ1) is 8.13. The summed E-state index contributed by atoms with van der Waals surface area (Å²) in [7, 11) is 0. The molecule has 0 saturated heterocycles. The Kier molecular flexibility index (Phi) is 2.60. The lowest BCUT2D eigenvalue weighted by atomic mass is 10.0. The molecule has 0 radical (unpaired) electrons. The summed E-state index contributed by atoms with van der Waals surface area (Å²) in [5.74, 6) is 0.790. The van der Waals surface area contributed by atoms with E-state index in [-0.39, 0.29) is 11.7 Å². The minimum Gasteiger partial charge on any atom is -0.324 e. The minimum absolute atomic E-state index is 0.0414. The number of aromatic nitrogens is 2. The summed E-state index contributed by atoms with van der Waals surface area (Å²) in [6.45, 7) is 0. The van der Waals surface area contributed by atoms with E-state index in [2.05, 4.69) is 25.9 Å². The maximum Gasteiger partial charge on any atom is 0.323 e. The summed E-state index contributed by atoms with van der Waals surface area (Å²) in [4.78, 5) is 16.7. The Labute approximate surface area is 107 Å². The van der Waals surface area contributed by atoms with Gasteiger partial charge in [0.1, 0.15) is 0 Å². The van der Waals surface area contributed by atoms with Crippen molar-refractivity contribution in [2.24, 2.45) is 11.7 Å². The highest BCUT2D eigenvalue weighted by Gasteiger charge is 2.25. The third-order valence-corrected chi connectivity index (χ3v) is 4.00. The van der Waals surface area contributed by atoms with Crippen LogP contribution in [0.1, 0.15) is 30.9 Å². The van der Waals surface area contributed by atoms with E-state index in [4.69, 9.17) is 5.73 Å². The normalized spacial score (nSPS) is 17.5. The van der Waals surface area contributed by atoms with Gasteiger partial charge in [0.15, 0.2) is 0 Å². The topological polar surface area (TPSA) is 74.7 Å². The van der Waals surface area contributed by atoms with Crippen LogP contribution in [0.2, 0.25) is 0 Å². The molecule has 2 aromatic rings. The standard InChI is InChI=1S/C12H14BrN3O/c13-8-5-11-10(15-12(17)16-11)4-7(8)9(14)3-6-1-2-6/h4-6,9H,1-3,14H2,(H2,15,16,17). The summed E-state index contributed by atoms with van der Waals surface area (Å²) >= 11 is 3.52. The van der Waals surface area contributed by atoms with E-state index in [1.165, 1.54) is 12.8 Å². The number of nitrogens with two attached hydrogens (primary N) is 1. The van der Waals surface area contributed by atoms with E-state index >= 15 is 0 Å². The van der Waals surface area contributed by atoms with Gasteiger partial charge in [-0.2, -0.15) is 0 Å². The zero-order valence-electron chi connectivity index (χ0n) is 9.29. The summed E-state index contributed by atoms with van der Waals surface area (Å²) in [6, 6.07) is 3.92. The Balaban J connectivity index is 2.01. The highest BCUT2D eigenvalue weighted by Crippen LogP contribution is 2.38. The van der Waals surface area contributed by atoms with Crippen molar-refractivity contribution < 1.29 is 0 Å². The number of hydrogen-bond acceptors (Lipinski definition) is 2. The van der Waals surface area contributed by atoms with Crippen molar-refractivity contribution in [1.29, 1.82) is 0 Å². The van der Waals surface area contributed by atoms with Crippen molar-refractivity contribution in [3.05, 3.63) is 32.7 Å². The van der Waals surface area contributed by atoms with Crippen LogP contribution in [0.15, 0.2) is 21.4 Å². The van der Waals surface area contributed by atoms with Crippen LogP contribution >= 0.6 is 15.9 Å². The van der Waals surface area contributed by atoms with Crippen LogP contribution in [0.4, 0.5) is 0 Å². The van der Waals surface area contributed by atoms with Gasteiger partial charge in [0.05, 0.1) is 11.0 Å². The van der Waals surface area contributed by atoms with Crippen LogP contribution in [0.3, 0.4) is 0 Å². The van der Waals surface area contributed by atoms with Crippen molar-refractivity contribution in [3.8, 4) is 0 Å². The van der Waals surface area contributed by atoms with Gasteiger partial charge in [0.25, 0.3) is 0 Å². The van der Waals surface area contributed by atoms with Gasteiger partial charge in [-0.3, -0.25) is 0 Å². The van der Waals surface area contributed by atoms with E-state index in [1.807, 2.05) is 12.1 Å². The lowest BCUT2D eigenvalue weighted by Crippen LogP contribution is -2.11. The molecule has 0 amide bonds. The summed E-state index contributed by atoms with van der Waals surface area (Å²) in [6.07, 6.45) is 3.63. The fourth-order valence-corrected chi connectivity index (χ4v) is 2.83. The molecule has 1 aliphatic rings. The van der Waals surface area contributed by atoms with Crippen molar-refractivity contribution in [2.45, 2.75) is 25.3 Å². The first-order valence-electron chi connectivity index (χ1n) is 5.80. The molecule has 3 rings (SSSR count). The first kappa shape index (κ1) is 11.0. The summed E-state index contributed by atoms with van der Waals surface area (Å²) in [5, 5.41) is 0. The van der Waals surface area contributed by atoms with Gasteiger partial charge in [0.2, 0.25) is 0 Å². The number of rotatable bonds is 3. The predicted octanol–water partition coefficient (Wildman–Crippen LogP) is 2.42. The van der Waals surface area contributed by atoms with Crippen molar-refractivity contribution in [2.75, 3.05) is 0 Å². The number of aromatic amines is 2. The van der Waals surface area contributed by atoms with E-state index in [1.54, 1.807) is 0 Å². The number of imidazole rings is 1. The Bertz CT molecular complexity index is 612. The van der Waals surface area contributed by atoms with E-state index in [9.17, 15) is 4.79 Å². The van der Waals surface area contributed by atoms with Gasteiger partial charge in [-0.25, -0.2) is 4.79 Å². The molecule has 1 unspecified atom stereocenters. The fraction of sp³-hybridized carbons (Fsp3) is 0.417. The van der Waals surface area contributed by atoms with Crippen LogP contribution in [0.5, 0.6) is 0 Å². The largest absolute Gasteiger partial charge is 0.324 e. The highest BCUT2D eigenvalue weighted by atomic mass is 79.9. The molecule has 1 atom stereocenters. The van der Waals surface area contributed by atoms with Crippen LogP contribution in [0.25, 0.3) is 11.0 Å². The lowest BCUT2D eigenvalue weighted by Gasteiger charge is -2.13. The van der Waals surface area contributed by atoms with E-state index in [0.29, 0.717) is 0 Å². The van der Waals surface area contributed by atoms with Crippen molar-refractivity contribution in [1.82, 2.24) is 9.97 Å². The van der Waals surface area contributed by atoms with E-state index in [0.717, 1.165) is 33.4 Å². The third-order valence-electron chi connectivity index (χ3n) is 3.32. The quantitative estimate of drug-likeness (QED) is 0.813. The number of H-pyrrole nitrogens is 2. The predicted molar refractivity (Wildman–Crippen MR) is 70.9 cm³/mol. The molecule has 1 aliphatic carbocycles. The molecule has 1 fully saturated rings. The highest BCUT2D eigenvalue weighted by molar-refractivity contribution is 9.10. The van der Waals surface area contributed by atoms with E-state index < -0.39 is 0 Å². The SMILES string of the molecule is NC(CC1CC1)c1cc2[nH]c(=O)[nH]c2cc1Br. The molecule has 4 nitrogen and oxygen atoms in total. The molecule has 0 spiro atoms. The van der Waals surface area contributed by atoms with Gasteiger partial charge in [-0.05, 0) is 30.0 Å². The molecule has 0 aliphatic heterocycles. The molecule has 17 heavy (non-hydrogen) atoms. The van der Waals surface area contributed by atoms with Gasteiger partial charge in [0, 0.05) is 10.5 Å². The molecule has 1 saturated carbocycles. The zero-order valence-corrected chi connectivity index (χ0v) is 10.9. The van der Waals surface area contributed by atoms with Crippen molar-refractivity contribution in [3.63, 3.8) is 0 Å². The molecule has 1 aromatic carbocycles. The first-order valence-corrected chi connectivity index (χ1v) is 6.60. The number of nitrogens with one attached hydrogen (secondary N) is 2. The summed E-state index contributed by atoms with van der Waals surface area (Å²) < 4.78 is 0.966. The second-order valence-corrected chi connectivity index (χ2v) is 5.64. The maximum atomic E-state index is 11.2. The molecule has 90 valence electrons. The summed E-state index contributed by atoms with van der Waals surface area (Å²) in [5.41, 5.74) is 8.72. The third kappa shape index (κ3) is 2.17. The van der Waals surface area contributed by atoms with Crippen LogP contribution < -0.4 is 11.4 Å². The zero-order chi connectivity index (χ0) is 12.0. The van der Waals surface area contributed by atoms with Crippen LogP contribution in [-0.4, -0.2) is 9.97 Å². The van der Waals surface area contributed by atoms with Crippen LogP contribution in [0, 0.1) is 5.92 Å². The van der Waals surface area contributed by atoms with Crippen LogP contribution in [-0.2, 0) is 0 Å². The minimum atomic E-state index is -0.181. The maximum absolute atomic E-state index is 11.2. The van der Waals surface area contributed by atoms with Gasteiger partial charge >= 0.3 is 5.69 Å². The fourth-order valence-electron chi connectivity index (χ4n) is 2.20. The molecule has 4 N–H and O–H groups in total. The number of halogens is 1. The second-order valence-electron chi connectivity index (χ2n) is 4.78. The lowest BCUT2D eigenvalue weighted by molar-refractivity contribution is 0.595. The van der Waals surface area contributed by atoms with Gasteiger partial charge in [-0.15, -0.1) is 0 Å². The average molecular weight is 296 g/mol. The molecular weight excluding hydrogens is 282 g/mol. The van der Waals surface area contributed by atoms with Gasteiger partial charge < -0.3 is 15.7 Å². The van der Waals surface area contributed by atoms with Crippen molar-refractivity contribution >= 4 is 27.0 Å². The van der Waals surface area contributed by atoms with Gasteiger partial charge in [-0.1, -0.05) is 28.8 Å². The molecule has 0 bridgehead atoms. The Morgan fingerprint density at radius 1 is 1.35 bits per heavy atom. The Hall–Kier alpha value is -1.07. The number of benzene rings is 1. The molecule has 1 aromatic heterocycles. The number of hydrogen-bond donors (Lipinski definition) is 3. The molecule has 5 heteroatoms. The Morgan fingerprint density at radius 3 is 2.65 bits per heavy atom. The Morgan fingerprint density at radius 2 is 2.00 bits per heavy atom. The smallest absolute Gasteiger partial charge is 0.323 e. The average Bonchev–Trinajstić information content (AvgIpc) is 2.98. The molecular formula is C12H14BrN3O. The second kappa shape index (κ2) is 3.99. The molecule has 1 heterocycles. The number of fused-ring (bicyclic) bond motifs is 1.